The number of aliphatic hydroxyl groups excluding tert-OH is 1. The zero-order valence-corrected chi connectivity index (χ0v) is 21.4. The van der Waals surface area contributed by atoms with E-state index in [-0.39, 0.29) is 13.0 Å². The summed E-state index contributed by atoms with van der Waals surface area (Å²) in [4.78, 5) is 26.7. The van der Waals surface area contributed by atoms with Crippen molar-refractivity contribution in [1.29, 1.82) is 0 Å². The van der Waals surface area contributed by atoms with Crippen LogP contribution in [0, 0.1) is 17.8 Å². The summed E-state index contributed by atoms with van der Waals surface area (Å²) in [5, 5.41) is 22.2. The molecule has 3 aliphatic carbocycles. The number of hydrogen-bond donors (Lipinski definition) is 2. The van der Waals surface area contributed by atoms with Gasteiger partial charge in [0.2, 0.25) is 0 Å². The summed E-state index contributed by atoms with van der Waals surface area (Å²) >= 11 is 0. The highest BCUT2D eigenvalue weighted by Crippen LogP contribution is 2.68. The van der Waals surface area contributed by atoms with Crippen molar-refractivity contribution in [2.45, 2.75) is 69.1 Å². The van der Waals surface area contributed by atoms with Crippen molar-refractivity contribution in [3.63, 3.8) is 0 Å². The van der Waals surface area contributed by atoms with E-state index in [0.717, 1.165) is 0 Å². The Kier molecular flexibility index (Phi) is 5.15. The maximum absolute atomic E-state index is 13.4. The first kappa shape index (κ1) is 24.7. The third kappa shape index (κ3) is 2.96. The normalized spacial score (nSPS) is 45.5. The van der Waals surface area contributed by atoms with Crippen molar-refractivity contribution >= 4 is 11.8 Å². The van der Waals surface area contributed by atoms with E-state index in [1.165, 1.54) is 0 Å². The van der Waals surface area contributed by atoms with Gasteiger partial charge in [-0.25, -0.2) is 4.79 Å². The number of esters is 1. The van der Waals surface area contributed by atoms with Gasteiger partial charge in [0, 0.05) is 31.1 Å². The number of carbonyl (C=O) groups is 2. The molecule has 1 saturated carbocycles. The second-order valence-corrected chi connectivity index (χ2v) is 11.3. The van der Waals surface area contributed by atoms with Crippen LogP contribution in [-0.4, -0.2) is 63.6 Å². The average Bonchev–Trinajstić information content (AvgIpc) is 3.19. The highest BCUT2D eigenvalue weighted by Gasteiger charge is 2.82. The molecule has 196 valence electrons. The summed E-state index contributed by atoms with van der Waals surface area (Å²) in [6.07, 6.45) is 1.98. The lowest BCUT2D eigenvalue weighted by molar-refractivity contribution is -0.414. The molecule has 37 heavy (non-hydrogen) atoms. The molecule has 0 radical (unpaired) electrons. The molecular formula is C29H32O8. The number of fused-ring (bicyclic) bond motifs is 2. The molecule has 8 heteroatoms. The smallest absolute Gasteiger partial charge is 0.338 e. The van der Waals surface area contributed by atoms with Crippen LogP contribution in [0.3, 0.4) is 0 Å². The van der Waals surface area contributed by atoms with Gasteiger partial charge in [-0.05, 0) is 42.7 Å². The van der Waals surface area contributed by atoms with Crippen LogP contribution < -0.4 is 0 Å². The summed E-state index contributed by atoms with van der Waals surface area (Å²) in [5.41, 5.74) is -2.40. The monoisotopic (exact) mass is 508 g/mol. The molecule has 0 unspecified atom stereocenters. The molecule has 9 atom stereocenters. The first-order valence-electron chi connectivity index (χ1n) is 12.7. The molecule has 6 rings (SSSR count). The standard InChI is InChI=1S/C29H32O8/c1-15(2)28-23(34-25(32)19-9-7-6-8-10-19)17(4)29-20(24(28)35-26(5,36-28)37-29)12-18(14-30)13-27(33)21(29)11-16(3)22(27)31/h6-12,17,20-21,23-24,30,33H,1,13-14H2,2-5H3/t17-,20+,21-,23-,24-,26-,27-,28+,29-/m1/s1. The van der Waals surface area contributed by atoms with Crippen LogP contribution in [0.5, 0.6) is 0 Å². The lowest BCUT2D eigenvalue weighted by atomic mass is 9.53. The second-order valence-electron chi connectivity index (χ2n) is 11.3. The number of ketones is 1. The molecule has 2 aliphatic heterocycles. The van der Waals surface area contributed by atoms with Crippen LogP contribution in [0.2, 0.25) is 0 Å². The van der Waals surface area contributed by atoms with Crippen LogP contribution in [0.4, 0.5) is 0 Å². The third-order valence-electron chi connectivity index (χ3n) is 9.11. The highest BCUT2D eigenvalue weighted by atomic mass is 16.9. The fourth-order valence-corrected chi connectivity index (χ4v) is 7.64. The van der Waals surface area contributed by atoms with Crippen molar-refractivity contribution in [3.8, 4) is 0 Å². The molecule has 2 saturated heterocycles. The van der Waals surface area contributed by atoms with E-state index in [1.807, 2.05) is 26.0 Å². The van der Waals surface area contributed by atoms with E-state index in [9.17, 15) is 19.8 Å². The SMILES string of the molecule is C=C(C)[C@@]12O[C@@]3(C)O[C@@H]1[C@@H]1C=C(CO)C[C@]4(O)C(=O)C(C)=C[C@H]4[C@@]1(O3)[C@H](C)[C@H]2OC(=O)c1ccccc1. The van der Waals surface area contributed by atoms with Gasteiger partial charge >= 0.3 is 5.97 Å². The summed E-state index contributed by atoms with van der Waals surface area (Å²) < 4.78 is 25.9. The number of benzene rings is 1. The fraction of sp³-hybridized carbons (Fsp3) is 0.517. The highest BCUT2D eigenvalue weighted by molar-refractivity contribution is 6.05. The van der Waals surface area contributed by atoms with Crippen LogP contribution in [0.15, 0.2) is 65.8 Å². The minimum atomic E-state index is -1.83. The van der Waals surface area contributed by atoms with Gasteiger partial charge in [-0.2, -0.15) is 0 Å². The largest absolute Gasteiger partial charge is 0.455 e. The summed E-state index contributed by atoms with van der Waals surface area (Å²) in [7, 11) is 0. The van der Waals surface area contributed by atoms with Crippen LogP contribution in [0.25, 0.3) is 0 Å². The van der Waals surface area contributed by atoms with Crippen LogP contribution in [-0.2, 0) is 23.7 Å². The zero-order valence-electron chi connectivity index (χ0n) is 21.4. The Bertz CT molecular complexity index is 1270. The van der Waals surface area contributed by atoms with Crippen molar-refractivity contribution < 1.29 is 38.7 Å². The van der Waals surface area contributed by atoms with Gasteiger partial charge in [-0.15, -0.1) is 0 Å². The first-order valence-corrected chi connectivity index (χ1v) is 12.7. The topological polar surface area (TPSA) is 112 Å². The van der Waals surface area contributed by atoms with Gasteiger partial charge in [0.15, 0.2) is 11.4 Å². The Morgan fingerprint density at radius 2 is 1.92 bits per heavy atom. The molecule has 2 heterocycles. The van der Waals surface area contributed by atoms with Crippen LogP contribution >= 0.6 is 0 Å². The van der Waals surface area contributed by atoms with Crippen LogP contribution in [0.1, 0.15) is 44.5 Å². The summed E-state index contributed by atoms with van der Waals surface area (Å²) in [6.45, 7) is 10.9. The molecule has 3 fully saturated rings. The minimum Gasteiger partial charge on any atom is -0.455 e. The van der Waals surface area contributed by atoms with E-state index >= 15 is 0 Å². The Morgan fingerprint density at radius 3 is 2.57 bits per heavy atom. The Hall–Kier alpha value is -2.62. The molecule has 5 aliphatic rings. The van der Waals surface area contributed by atoms with Crippen molar-refractivity contribution in [2.24, 2.45) is 17.8 Å². The maximum Gasteiger partial charge on any atom is 0.338 e. The van der Waals surface area contributed by atoms with E-state index in [0.29, 0.717) is 22.3 Å². The average molecular weight is 509 g/mol. The zero-order chi connectivity index (χ0) is 26.5. The summed E-state index contributed by atoms with van der Waals surface area (Å²) in [6, 6.07) is 8.68. The lowest BCUT2D eigenvalue weighted by Gasteiger charge is -2.60. The molecule has 0 spiro atoms. The molecule has 0 aromatic heterocycles. The van der Waals surface area contributed by atoms with Gasteiger partial charge in [-0.3, -0.25) is 4.79 Å². The van der Waals surface area contributed by atoms with E-state index in [2.05, 4.69) is 6.58 Å². The van der Waals surface area contributed by atoms with E-state index in [4.69, 9.17) is 18.9 Å². The summed E-state index contributed by atoms with van der Waals surface area (Å²) in [5.74, 6) is -4.35. The molecule has 1 aromatic rings. The van der Waals surface area contributed by atoms with Crippen molar-refractivity contribution in [3.05, 3.63) is 71.3 Å². The Balaban J connectivity index is 1.58. The van der Waals surface area contributed by atoms with Crippen molar-refractivity contribution in [2.75, 3.05) is 6.61 Å². The number of ether oxygens (including phenoxy) is 4. The Labute approximate surface area is 215 Å². The van der Waals surface area contributed by atoms with E-state index < -0.39 is 64.5 Å². The first-order chi connectivity index (χ1) is 17.4. The van der Waals surface area contributed by atoms with Gasteiger partial charge in [-0.1, -0.05) is 43.9 Å². The number of rotatable bonds is 4. The van der Waals surface area contributed by atoms with Gasteiger partial charge < -0.3 is 29.2 Å². The number of hydrogen-bond acceptors (Lipinski definition) is 8. The quantitative estimate of drug-likeness (QED) is 0.472. The third-order valence-corrected chi connectivity index (χ3v) is 9.11. The van der Waals surface area contributed by atoms with E-state index in [1.54, 1.807) is 44.2 Å². The lowest BCUT2D eigenvalue weighted by Crippen LogP contribution is -2.74. The predicted molar refractivity (Wildman–Crippen MR) is 131 cm³/mol. The molecular weight excluding hydrogens is 476 g/mol. The minimum absolute atomic E-state index is 0.0337. The predicted octanol–water partition coefficient (Wildman–Crippen LogP) is 2.85. The molecule has 2 N–H and O–H groups in total. The number of Topliss-reactive ketones (excluding diaryl/α,β-unsaturated/α-hetero) is 1. The number of aliphatic hydroxyl groups is 2. The second kappa shape index (κ2) is 7.71. The molecule has 1 aromatic carbocycles. The van der Waals surface area contributed by atoms with Gasteiger partial charge in [0.1, 0.15) is 17.8 Å². The fourth-order valence-electron chi connectivity index (χ4n) is 7.64. The van der Waals surface area contributed by atoms with Gasteiger partial charge in [0.25, 0.3) is 5.97 Å². The molecule has 8 nitrogen and oxygen atoms in total. The Morgan fingerprint density at radius 1 is 1.22 bits per heavy atom. The molecule has 3 bridgehead atoms. The van der Waals surface area contributed by atoms with Crippen molar-refractivity contribution in [1.82, 2.24) is 0 Å². The van der Waals surface area contributed by atoms with Gasteiger partial charge in [0.05, 0.1) is 17.8 Å². The molecule has 0 amide bonds. The number of carbonyl (C=O) groups excluding carboxylic acids is 2. The maximum atomic E-state index is 13.4.